The van der Waals surface area contributed by atoms with Crippen LogP contribution in [0.5, 0.6) is 0 Å². The second-order valence-corrected chi connectivity index (χ2v) is 6.29. The lowest BCUT2D eigenvalue weighted by atomic mass is 9.75. The third-order valence-corrected chi connectivity index (χ3v) is 4.63. The molecule has 0 radical (unpaired) electrons. The van der Waals surface area contributed by atoms with Crippen LogP contribution >= 0.6 is 11.3 Å². The van der Waals surface area contributed by atoms with Gasteiger partial charge in [0.25, 0.3) is 5.92 Å². The maximum atomic E-state index is 13.3. The van der Waals surface area contributed by atoms with Gasteiger partial charge in [0.15, 0.2) is 5.60 Å². The summed E-state index contributed by atoms with van der Waals surface area (Å²) in [7, 11) is 0. The van der Waals surface area contributed by atoms with Crippen LogP contribution < -0.4 is 0 Å². The van der Waals surface area contributed by atoms with Crippen molar-refractivity contribution in [2.75, 3.05) is 0 Å². The zero-order valence-electron chi connectivity index (χ0n) is 11.1. The summed E-state index contributed by atoms with van der Waals surface area (Å²) in [6.07, 6.45) is -0.906. The molecular formula is C14H13F2NO2S. The van der Waals surface area contributed by atoms with E-state index in [1.807, 2.05) is 19.1 Å². The minimum absolute atomic E-state index is 0.453. The van der Waals surface area contributed by atoms with Gasteiger partial charge in [-0.1, -0.05) is 6.07 Å². The number of halogens is 2. The lowest BCUT2D eigenvalue weighted by Crippen LogP contribution is -2.51. The van der Waals surface area contributed by atoms with Crippen LogP contribution in [0.1, 0.15) is 30.3 Å². The standard InChI is InChI=1S/C14H13F2NO2S/c1-8-3-4-10-5-11(20-12(10)17-8)13(19-9(2)18)6-14(15,16)7-13/h3-5H,6-7H2,1-2H3. The van der Waals surface area contributed by atoms with Crippen molar-refractivity contribution in [1.82, 2.24) is 4.98 Å². The molecule has 2 heterocycles. The van der Waals surface area contributed by atoms with Crippen LogP contribution in [0.15, 0.2) is 18.2 Å². The summed E-state index contributed by atoms with van der Waals surface area (Å²) in [4.78, 5) is 17.0. The Kier molecular flexibility index (Phi) is 2.83. The van der Waals surface area contributed by atoms with Gasteiger partial charge in [0.05, 0.1) is 17.7 Å². The van der Waals surface area contributed by atoms with E-state index in [0.29, 0.717) is 4.88 Å². The molecule has 0 aliphatic heterocycles. The van der Waals surface area contributed by atoms with Crippen molar-refractivity contribution in [1.29, 1.82) is 0 Å². The fraction of sp³-hybridized carbons (Fsp3) is 0.429. The minimum Gasteiger partial charge on any atom is -0.453 e. The van der Waals surface area contributed by atoms with Gasteiger partial charge in [-0.15, -0.1) is 11.3 Å². The molecule has 6 heteroatoms. The highest BCUT2D eigenvalue weighted by atomic mass is 32.1. The van der Waals surface area contributed by atoms with Gasteiger partial charge in [0, 0.05) is 18.0 Å². The first-order valence-corrected chi connectivity index (χ1v) is 7.06. The number of alkyl halides is 2. The second-order valence-electron chi connectivity index (χ2n) is 5.26. The van der Waals surface area contributed by atoms with Crippen molar-refractivity contribution >= 4 is 27.5 Å². The molecular weight excluding hydrogens is 284 g/mol. The zero-order valence-corrected chi connectivity index (χ0v) is 11.9. The molecule has 0 spiro atoms. The summed E-state index contributed by atoms with van der Waals surface area (Å²) >= 11 is 1.32. The number of carbonyl (C=O) groups is 1. The lowest BCUT2D eigenvalue weighted by molar-refractivity contribution is -0.228. The molecule has 3 nitrogen and oxygen atoms in total. The van der Waals surface area contributed by atoms with Gasteiger partial charge < -0.3 is 4.74 Å². The van der Waals surface area contributed by atoms with E-state index in [4.69, 9.17) is 4.74 Å². The molecule has 0 N–H and O–H groups in total. The molecule has 0 bridgehead atoms. The smallest absolute Gasteiger partial charge is 0.303 e. The number of ether oxygens (including phenoxy) is 1. The van der Waals surface area contributed by atoms with Crippen molar-refractivity contribution in [2.45, 2.75) is 38.2 Å². The lowest BCUT2D eigenvalue weighted by Gasteiger charge is -2.45. The molecule has 3 rings (SSSR count). The Balaban J connectivity index is 2.04. The van der Waals surface area contributed by atoms with E-state index in [9.17, 15) is 13.6 Å². The topological polar surface area (TPSA) is 39.2 Å². The maximum absolute atomic E-state index is 13.3. The molecule has 2 aromatic heterocycles. The Morgan fingerprint density at radius 1 is 1.40 bits per heavy atom. The van der Waals surface area contributed by atoms with Gasteiger partial charge >= 0.3 is 5.97 Å². The summed E-state index contributed by atoms with van der Waals surface area (Å²) < 4.78 is 31.8. The first-order chi connectivity index (χ1) is 9.30. The summed E-state index contributed by atoms with van der Waals surface area (Å²) in [5.74, 6) is -3.31. The third kappa shape index (κ3) is 2.18. The van der Waals surface area contributed by atoms with Crippen LogP contribution in [-0.4, -0.2) is 16.9 Å². The second kappa shape index (κ2) is 4.22. The number of carbonyl (C=O) groups excluding carboxylic acids is 1. The molecule has 0 amide bonds. The molecule has 0 unspecified atom stereocenters. The first kappa shape index (κ1) is 13.4. The number of hydrogen-bond acceptors (Lipinski definition) is 4. The van der Waals surface area contributed by atoms with Gasteiger partial charge in [-0.25, -0.2) is 13.8 Å². The molecule has 1 saturated carbocycles. The Morgan fingerprint density at radius 2 is 2.10 bits per heavy atom. The van der Waals surface area contributed by atoms with Crippen molar-refractivity contribution < 1.29 is 18.3 Å². The largest absolute Gasteiger partial charge is 0.453 e. The van der Waals surface area contributed by atoms with Crippen LogP contribution in [0.2, 0.25) is 0 Å². The van der Waals surface area contributed by atoms with Gasteiger partial charge in [0.1, 0.15) is 4.83 Å². The quantitative estimate of drug-likeness (QED) is 0.792. The molecule has 2 aromatic rings. The highest BCUT2D eigenvalue weighted by molar-refractivity contribution is 7.18. The Hall–Kier alpha value is -1.56. The normalized spacial score (nSPS) is 19.6. The van der Waals surface area contributed by atoms with Crippen LogP contribution in [0.25, 0.3) is 10.2 Å². The highest BCUT2D eigenvalue weighted by Crippen LogP contribution is 2.56. The summed E-state index contributed by atoms with van der Waals surface area (Å²) in [5.41, 5.74) is -0.319. The first-order valence-electron chi connectivity index (χ1n) is 6.25. The number of hydrogen-bond donors (Lipinski definition) is 0. The van der Waals surface area contributed by atoms with Gasteiger partial charge in [-0.3, -0.25) is 4.79 Å². The predicted octanol–water partition coefficient (Wildman–Crippen LogP) is 3.79. The molecule has 1 fully saturated rings. The van der Waals surface area contributed by atoms with Crippen molar-refractivity contribution in [3.8, 4) is 0 Å². The average molecular weight is 297 g/mol. The van der Waals surface area contributed by atoms with Crippen molar-refractivity contribution in [3.05, 3.63) is 28.8 Å². The van der Waals surface area contributed by atoms with E-state index in [2.05, 4.69) is 4.98 Å². The van der Waals surface area contributed by atoms with E-state index in [1.165, 1.54) is 18.3 Å². The summed E-state index contributed by atoms with van der Waals surface area (Å²) in [6.45, 7) is 3.12. The SMILES string of the molecule is CC(=O)OC1(c2cc3ccc(C)nc3s2)CC(F)(F)C1. The Bertz CT molecular complexity index is 688. The molecule has 0 aromatic carbocycles. The van der Waals surface area contributed by atoms with E-state index >= 15 is 0 Å². The minimum atomic E-state index is -2.77. The molecule has 1 aliphatic carbocycles. The number of rotatable bonds is 2. The molecule has 0 atom stereocenters. The zero-order chi connectivity index (χ0) is 14.5. The Morgan fingerprint density at radius 3 is 2.70 bits per heavy atom. The van der Waals surface area contributed by atoms with Gasteiger partial charge in [-0.05, 0) is 19.1 Å². The molecule has 1 aliphatic rings. The van der Waals surface area contributed by atoms with Crippen molar-refractivity contribution in [2.24, 2.45) is 0 Å². The number of aryl methyl sites for hydroxylation is 1. The van der Waals surface area contributed by atoms with Gasteiger partial charge in [-0.2, -0.15) is 0 Å². The van der Waals surface area contributed by atoms with E-state index in [1.54, 1.807) is 6.07 Å². The fourth-order valence-corrected chi connectivity index (χ4v) is 3.79. The molecule has 20 heavy (non-hydrogen) atoms. The van der Waals surface area contributed by atoms with Crippen LogP contribution in [-0.2, 0) is 15.1 Å². The summed E-state index contributed by atoms with van der Waals surface area (Å²) in [6, 6.07) is 5.56. The number of thiophene rings is 1. The maximum Gasteiger partial charge on any atom is 0.303 e. The number of pyridine rings is 1. The number of fused-ring (bicyclic) bond motifs is 1. The highest BCUT2D eigenvalue weighted by Gasteiger charge is 2.60. The molecule has 0 saturated heterocycles. The van der Waals surface area contributed by atoms with E-state index < -0.39 is 30.3 Å². The Labute approximate surface area is 118 Å². The predicted molar refractivity (Wildman–Crippen MR) is 72.0 cm³/mol. The van der Waals surface area contributed by atoms with Gasteiger partial charge in [0.2, 0.25) is 0 Å². The fourth-order valence-electron chi connectivity index (χ4n) is 2.59. The number of aromatic nitrogens is 1. The number of nitrogens with zero attached hydrogens (tertiary/aromatic N) is 1. The average Bonchev–Trinajstić information content (AvgIpc) is 2.68. The third-order valence-electron chi connectivity index (χ3n) is 3.40. The van der Waals surface area contributed by atoms with Crippen LogP contribution in [0, 0.1) is 6.92 Å². The van der Waals surface area contributed by atoms with E-state index in [-0.39, 0.29) is 0 Å². The summed E-state index contributed by atoms with van der Waals surface area (Å²) in [5, 5.41) is 0.886. The van der Waals surface area contributed by atoms with E-state index in [0.717, 1.165) is 15.9 Å². The van der Waals surface area contributed by atoms with Crippen LogP contribution in [0.4, 0.5) is 8.78 Å². The van der Waals surface area contributed by atoms with Crippen LogP contribution in [0.3, 0.4) is 0 Å². The number of esters is 1. The molecule has 106 valence electrons. The monoisotopic (exact) mass is 297 g/mol. The van der Waals surface area contributed by atoms with Crippen molar-refractivity contribution in [3.63, 3.8) is 0 Å².